The van der Waals surface area contributed by atoms with E-state index in [1.165, 1.54) is 12.1 Å². The maximum atomic E-state index is 12.5. The third kappa shape index (κ3) is 2.75. The molecule has 6 nitrogen and oxygen atoms in total. The van der Waals surface area contributed by atoms with Crippen molar-refractivity contribution in [2.75, 3.05) is 19.6 Å². The van der Waals surface area contributed by atoms with Gasteiger partial charge in [-0.05, 0) is 18.6 Å². The summed E-state index contributed by atoms with van der Waals surface area (Å²) < 4.78 is 26.0. The summed E-state index contributed by atoms with van der Waals surface area (Å²) in [7, 11) is -3.81. The Morgan fingerprint density at radius 2 is 2.05 bits per heavy atom. The number of nitrogens with zero attached hydrogens (tertiary/aromatic N) is 2. The number of amides is 1. The van der Waals surface area contributed by atoms with E-state index in [1.54, 1.807) is 12.1 Å². The molecule has 100 valence electrons. The van der Waals surface area contributed by atoms with Gasteiger partial charge in [0.05, 0.1) is 17.0 Å². The van der Waals surface area contributed by atoms with Crippen LogP contribution in [-0.4, -0.2) is 38.3 Å². The maximum Gasteiger partial charge on any atom is 0.244 e. The number of rotatable bonds is 2. The second-order valence-corrected chi connectivity index (χ2v) is 6.06. The summed E-state index contributed by atoms with van der Waals surface area (Å²) in [4.78, 5) is 11.4. The summed E-state index contributed by atoms with van der Waals surface area (Å²) in [5.74, 6) is -0.324. The van der Waals surface area contributed by atoms with Gasteiger partial charge < -0.3 is 5.32 Å². The fraction of sp³-hybridized carbons (Fsp3) is 0.333. The van der Waals surface area contributed by atoms with Gasteiger partial charge in [-0.3, -0.25) is 4.79 Å². The highest BCUT2D eigenvalue weighted by atomic mass is 32.2. The van der Waals surface area contributed by atoms with Crippen LogP contribution < -0.4 is 5.32 Å². The van der Waals surface area contributed by atoms with Gasteiger partial charge in [-0.1, -0.05) is 12.1 Å². The van der Waals surface area contributed by atoms with E-state index in [0.29, 0.717) is 13.0 Å². The van der Waals surface area contributed by atoms with Gasteiger partial charge in [-0.15, -0.1) is 0 Å². The van der Waals surface area contributed by atoms with Crippen LogP contribution in [0.1, 0.15) is 12.0 Å². The first-order valence-electron chi connectivity index (χ1n) is 5.81. The minimum atomic E-state index is -3.81. The van der Waals surface area contributed by atoms with Crippen LogP contribution in [0.5, 0.6) is 0 Å². The molecule has 1 N–H and O–H groups in total. The summed E-state index contributed by atoms with van der Waals surface area (Å²) in [6, 6.07) is 7.86. The van der Waals surface area contributed by atoms with E-state index in [9.17, 15) is 13.2 Å². The molecule has 1 aliphatic heterocycles. The van der Waals surface area contributed by atoms with Crippen LogP contribution in [0.2, 0.25) is 0 Å². The predicted octanol–water partition coefficient (Wildman–Crippen LogP) is 0.0689. The summed E-state index contributed by atoms with van der Waals surface area (Å²) in [6.45, 7) is 0.522. The number of sulfonamides is 1. The molecule has 0 radical (unpaired) electrons. The molecule has 0 aromatic heterocycles. The second kappa shape index (κ2) is 5.38. The van der Waals surface area contributed by atoms with E-state index in [1.807, 2.05) is 6.07 Å². The average Bonchev–Trinajstić information content (AvgIpc) is 2.64. The fourth-order valence-corrected chi connectivity index (χ4v) is 3.48. The molecule has 19 heavy (non-hydrogen) atoms. The number of nitrogens with one attached hydrogen (secondary N) is 1. The van der Waals surface area contributed by atoms with Crippen LogP contribution in [0.4, 0.5) is 0 Å². The minimum Gasteiger partial charge on any atom is -0.355 e. The number of benzene rings is 1. The molecule has 0 unspecified atom stereocenters. The van der Waals surface area contributed by atoms with Crippen molar-refractivity contribution in [1.82, 2.24) is 9.62 Å². The molecule has 0 bridgehead atoms. The maximum absolute atomic E-state index is 12.5. The molecule has 1 aromatic rings. The van der Waals surface area contributed by atoms with Crippen LogP contribution in [0, 0.1) is 11.3 Å². The molecule has 7 heteroatoms. The van der Waals surface area contributed by atoms with Gasteiger partial charge in [0.25, 0.3) is 0 Å². The van der Waals surface area contributed by atoms with Crippen molar-refractivity contribution < 1.29 is 13.2 Å². The largest absolute Gasteiger partial charge is 0.355 e. The van der Waals surface area contributed by atoms with E-state index < -0.39 is 10.0 Å². The minimum absolute atomic E-state index is 0.0489. The monoisotopic (exact) mass is 279 g/mol. The molecule has 2 rings (SSSR count). The van der Waals surface area contributed by atoms with E-state index in [4.69, 9.17) is 5.26 Å². The SMILES string of the molecule is N#Cc1ccccc1S(=O)(=O)N1CCCNC(=O)C1. The molecule has 1 aromatic carbocycles. The van der Waals surface area contributed by atoms with Crippen molar-refractivity contribution in [2.45, 2.75) is 11.3 Å². The highest BCUT2D eigenvalue weighted by Crippen LogP contribution is 2.20. The molecule has 0 spiro atoms. The summed E-state index contributed by atoms with van der Waals surface area (Å²) >= 11 is 0. The Balaban J connectivity index is 2.42. The quantitative estimate of drug-likeness (QED) is 0.829. The van der Waals surface area contributed by atoms with Crippen molar-refractivity contribution >= 4 is 15.9 Å². The van der Waals surface area contributed by atoms with Gasteiger partial charge >= 0.3 is 0 Å². The number of hydrogen-bond acceptors (Lipinski definition) is 4. The van der Waals surface area contributed by atoms with Crippen molar-refractivity contribution in [3.63, 3.8) is 0 Å². The lowest BCUT2D eigenvalue weighted by atomic mass is 10.2. The van der Waals surface area contributed by atoms with E-state index in [-0.39, 0.29) is 29.5 Å². The number of hydrogen-bond donors (Lipinski definition) is 1. The lowest BCUT2D eigenvalue weighted by Gasteiger charge is -2.19. The fourth-order valence-electron chi connectivity index (χ4n) is 1.91. The number of carbonyl (C=O) groups is 1. The molecule has 0 atom stereocenters. The lowest BCUT2D eigenvalue weighted by molar-refractivity contribution is -0.120. The van der Waals surface area contributed by atoms with E-state index in [2.05, 4.69) is 5.32 Å². The number of carbonyl (C=O) groups excluding carboxylic acids is 1. The Morgan fingerprint density at radius 3 is 2.79 bits per heavy atom. The van der Waals surface area contributed by atoms with Crippen LogP contribution in [0.15, 0.2) is 29.2 Å². The van der Waals surface area contributed by atoms with Crippen LogP contribution in [0.3, 0.4) is 0 Å². The smallest absolute Gasteiger partial charge is 0.244 e. The molecule has 1 heterocycles. The van der Waals surface area contributed by atoms with Gasteiger partial charge in [-0.2, -0.15) is 9.57 Å². The molecular weight excluding hydrogens is 266 g/mol. The second-order valence-electron chi connectivity index (χ2n) is 4.15. The van der Waals surface area contributed by atoms with E-state index >= 15 is 0 Å². The zero-order valence-corrected chi connectivity index (χ0v) is 11.0. The van der Waals surface area contributed by atoms with Crippen molar-refractivity contribution in [3.8, 4) is 6.07 Å². The topological polar surface area (TPSA) is 90.3 Å². The zero-order chi connectivity index (χ0) is 13.9. The first-order chi connectivity index (χ1) is 9.05. The highest BCUT2D eigenvalue weighted by Gasteiger charge is 2.29. The lowest BCUT2D eigenvalue weighted by Crippen LogP contribution is -2.37. The Bertz CT molecular complexity index is 634. The predicted molar refractivity (Wildman–Crippen MR) is 67.5 cm³/mol. The summed E-state index contributed by atoms with van der Waals surface area (Å²) in [5, 5.41) is 11.6. The first-order valence-corrected chi connectivity index (χ1v) is 7.25. The van der Waals surface area contributed by atoms with E-state index in [0.717, 1.165) is 4.31 Å². The average molecular weight is 279 g/mol. The standard InChI is InChI=1S/C12H13N3O3S/c13-8-10-4-1-2-5-11(10)19(17,18)15-7-3-6-14-12(16)9-15/h1-2,4-5H,3,6-7,9H2,(H,14,16). The van der Waals surface area contributed by atoms with Gasteiger partial charge in [0.2, 0.25) is 15.9 Å². The van der Waals surface area contributed by atoms with Gasteiger partial charge in [0.15, 0.2) is 0 Å². The normalized spacial score (nSPS) is 17.3. The third-order valence-electron chi connectivity index (χ3n) is 2.85. The van der Waals surface area contributed by atoms with Gasteiger partial charge in [0, 0.05) is 13.1 Å². The Hall–Kier alpha value is -1.91. The first kappa shape index (κ1) is 13.5. The van der Waals surface area contributed by atoms with Crippen molar-refractivity contribution in [3.05, 3.63) is 29.8 Å². The third-order valence-corrected chi connectivity index (χ3v) is 4.76. The molecule has 1 amide bonds. The zero-order valence-electron chi connectivity index (χ0n) is 10.2. The Morgan fingerprint density at radius 1 is 1.32 bits per heavy atom. The van der Waals surface area contributed by atoms with Crippen LogP contribution in [0.25, 0.3) is 0 Å². The van der Waals surface area contributed by atoms with Crippen LogP contribution in [-0.2, 0) is 14.8 Å². The Labute approximate surface area is 111 Å². The van der Waals surface area contributed by atoms with Crippen molar-refractivity contribution in [1.29, 1.82) is 5.26 Å². The molecule has 0 saturated carbocycles. The number of nitriles is 1. The van der Waals surface area contributed by atoms with Crippen molar-refractivity contribution in [2.24, 2.45) is 0 Å². The molecule has 0 aliphatic carbocycles. The van der Waals surface area contributed by atoms with Crippen LogP contribution >= 0.6 is 0 Å². The molecular formula is C12H13N3O3S. The molecule has 1 fully saturated rings. The summed E-state index contributed by atoms with van der Waals surface area (Å²) in [6.07, 6.45) is 0.555. The van der Waals surface area contributed by atoms with Gasteiger partial charge in [0.1, 0.15) is 6.07 Å². The Kier molecular flexibility index (Phi) is 3.83. The molecule has 1 aliphatic rings. The van der Waals surface area contributed by atoms with Gasteiger partial charge in [-0.25, -0.2) is 8.42 Å². The summed E-state index contributed by atoms with van der Waals surface area (Å²) in [5.41, 5.74) is 0.0900. The molecule has 1 saturated heterocycles. The highest BCUT2D eigenvalue weighted by molar-refractivity contribution is 7.89.